The number of amides is 3. The van der Waals surface area contributed by atoms with Gasteiger partial charge in [-0.1, -0.05) is 13.8 Å². The van der Waals surface area contributed by atoms with Gasteiger partial charge in [0.25, 0.3) is 5.91 Å². The number of hydrogen-bond donors (Lipinski definition) is 1. The number of fused-ring (bicyclic) bond motifs is 5. The summed E-state index contributed by atoms with van der Waals surface area (Å²) in [6.45, 7) is 6.91. The molecule has 1 saturated heterocycles. The summed E-state index contributed by atoms with van der Waals surface area (Å²) >= 11 is 0. The molecular formula is C26H28N2O4. The standard InChI is InChI=1S/C26H28N2O4/c1-4-32-18-11-7-16(8-12-18)27-23(29)15-5-9-17(10-6-15)28-24(30)21-19-13-14-20(26(19,2)3)22(21)25(28)31/h5-12,19-22H,4,13-14H2,1-3H3,(H,27,29)/t19-,20-,21+,22+/m1/s1. The van der Waals surface area contributed by atoms with Gasteiger partial charge in [-0.25, -0.2) is 0 Å². The fourth-order valence-corrected chi connectivity index (χ4v) is 6.24. The molecule has 166 valence electrons. The third kappa shape index (κ3) is 3.04. The van der Waals surface area contributed by atoms with Crippen LogP contribution in [-0.4, -0.2) is 24.3 Å². The smallest absolute Gasteiger partial charge is 0.255 e. The van der Waals surface area contributed by atoms with E-state index in [1.807, 2.05) is 6.92 Å². The molecule has 2 bridgehead atoms. The number of anilines is 2. The minimum absolute atomic E-state index is 0.0511. The van der Waals surface area contributed by atoms with Gasteiger partial charge in [-0.3, -0.25) is 19.3 Å². The Kier molecular flexibility index (Phi) is 4.84. The van der Waals surface area contributed by atoms with Crippen molar-refractivity contribution in [3.63, 3.8) is 0 Å². The molecule has 32 heavy (non-hydrogen) atoms. The van der Waals surface area contributed by atoms with Crippen molar-refractivity contribution in [3.05, 3.63) is 54.1 Å². The highest BCUT2D eigenvalue weighted by atomic mass is 16.5. The van der Waals surface area contributed by atoms with Crippen LogP contribution in [0.5, 0.6) is 5.75 Å². The van der Waals surface area contributed by atoms with Crippen LogP contribution in [-0.2, 0) is 9.59 Å². The van der Waals surface area contributed by atoms with Gasteiger partial charge in [-0.2, -0.15) is 0 Å². The van der Waals surface area contributed by atoms with Crippen LogP contribution in [0.2, 0.25) is 0 Å². The SMILES string of the molecule is CCOc1ccc(NC(=O)c2ccc(N3C(=O)[C@@H]4[C@@H](C3=O)[C@H]3CC[C@H]4C3(C)C)cc2)cc1. The summed E-state index contributed by atoms with van der Waals surface area (Å²) in [5.74, 6) is 0.501. The lowest BCUT2D eigenvalue weighted by Gasteiger charge is -2.28. The minimum Gasteiger partial charge on any atom is -0.494 e. The molecule has 1 heterocycles. The van der Waals surface area contributed by atoms with Crippen molar-refractivity contribution < 1.29 is 19.1 Å². The van der Waals surface area contributed by atoms with Gasteiger partial charge >= 0.3 is 0 Å². The van der Waals surface area contributed by atoms with Crippen LogP contribution in [0.15, 0.2) is 48.5 Å². The molecule has 2 aliphatic carbocycles. The zero-order valence-corrected chi connectivity index (χ0v) is 18.6. The maximum absolute atomic E-state index is 13.2. The number of carbonyl (C=O) groups is 3. The normalized spacial score (nSPS) is 27.5. The molecule has 1 N–H and O–H groups in total. The van der Waals surface area contributed by atoms with E-state index in [1.165, 1.54) is 4.90 Å². The van der Waals surface area contributed by atoms with Crippen LogP contribution >= 0.6 is 0 Å². The highest BCUT2D eigenvalue weighted by Gasteiger charge is 2.68. The molecule has 0 spiro atoms. The average molecular weight is 433 g/mol. The summed E-state index contributed by atoms with van der Waals surface area (Å²) in [4.78, 5) is 40.4. The van der Waals surface area contributed by atoms with Gasteiger partial charge in [0, 0.05) is 11.3 Å². The average Bonchev–Trinajstić information content (AvgIpc) is 3.31. The zero-order valence-electron chi connectivity index (χ0n) is 18.6. The molecular weight excluding hydrogens is 404 g/mol. The Morgan fingerprint density at radius 3 is 2.06 bits per heavy atom. The maximum atomic E-state index is 13.2. The molecule has 3 aliphatic rings. The Morgan fingerprint density at radius 2 is 1.53 bits per heavy atom. The second-order valence-corrected chi connectivity index (χ2v) is 9.63. The summed E-state index contributed by atoms with van der Waals surface area (Å²) in [6.07, 6.45) is 2.05. The van der Waals surface area contributed by atoms with Gasteiger partial charge in [0.15, 0.2) is 0 Å². The van der Waals surface area contributed by atoms with Crippen molar-refractivity contribution in [2.24, 2.45) is 29.1 Å². The molecule has 3 amide bonds. The van der Waals surface area contributed by atoms with E-state index in [2.05, 4.69) is 19.2 Å². The highest BCUT2D eigenvalue weighted by molar-refractivity contribution is 6.22. The van der Waals surface area contributed by atoms with Crippen LogP contribution < -0.4 is 15.0 Å². The Balaban J connectivity index is 1.30. The van der Waals surface area contributed by atoms with E-state index in [9.17, 15) is 14.4 Å². The maximum Gasteiger partial charge on any atom is 0.255 e. The number of nitrogens with one attached hydrogen (secondary N) is 1. The molecule has 4 atom stereocenters. The van der Waals surface area contributed by atoms with E-state index in [1.54, 1.807) is 48.5 Å². The Labute approximate surface area is 187 Å². The zero-order chi connectivity index (χ0) is 22.6. The summed E-state index contributed by atoms with van der Waals surface area (Å²) in [5.41, 5.74) is 1.72. The number of carbonyl (C=O) groups excluding carboxylic acids is 3. The molecule has 6 nitrogen and oxygen atoms in total. The lowest BCUT2D eigenvalue weighted by molar-refractivity contribution is -0.124. The first-order chi connectivity index (χ1) is 15.3. The molecule has 2 aromatic carbocycles. The van der Waals surface area contributed by atoms with Gasteiger partial charge in [-0.15, -0.1) is 0 Å². The summed E-state index contributed by atoms with van der Waals surface area (Å²) in [6, 6.07) is 13.9. The van der Waals surface area contributed by atoms with Crippen LogP contribution in [0.1, 0.15) is 44.0 Å². The molecule has 0 radical (unpaired) electrons. The number of ether oxygens (including phenoxy) is 1. The van der Waals surface area contributed by atoms with Crippen molar-refractivity contribution in [2.45, 2.75) is 33.6 Å². The summed E-state index contributed by atoms with van der Waals surface area (Å²) in [7, 11) is 0. The molecule has 1 aliphatic heterocycles. The van der Waals surface area contributed by atoms with E-state index in [-0.39, 0.29) is 46.8 Å². The van der Waals surface area contributed by atoms with Crippen LogP contribution in [0.4, 0.5) is 11.4 Å². The highest BCUT2D eigenvalue weighted by Crippen LogP contribution is 2.65. The summed E-state index contributed by atoms with van der Waals surface area (Å²) < 4.78 is 5.41. The van der Waals surface area contributed by atoms with Gasteiger partial charge in [-0.05, 0) is 85.5 Å². The molecule has 0 unspecified atom stereocenters. The first kappa shape index (κ1) is 20.7. The van der Waals surface area contributed by atoms with E-state index in [4.69, 9.17) is 4.74 Å². The first-order valence-corrected chi connectivity index (χ1v) is 11.3. The Morgan fingerprint density at radius 1 is 0.969 bits per heavy atom. The van der Waals surface area contributed by atoms with Gasteiger partial charge < -0.3 is 10.1 Å². The largest absolute Gasteiger partial charge is 0.494 e. The monoisotopic (exact) mass is 432 g/mol. The predicted molar refractivity (Wildman–Crippen MR) is 121 cm³/mol. The van der Waals surface area contributed by atoms with Crippen LogP contribution in [0, 0.1) is 29.1 Å². The minimum atomic E-state index is -0.253. The lowest BCUT2D eigenvalue weighted by atomic mass is 9.79. The topological polar surface area (TPSA) is 75.7 Å². The number of benzene rings is 2. The van der Waals surface area contributed by atoms with Gasteiger partial charge in [0.1, 0.15) is 5.75 Å². The van der Waals surface area contributed by atoms with Crippen molar-refractivity contribution in [1.29, 1.82) is 0 Å². The number of nitrogens with zero attached hydrogens (tertiary/aromatic N) is 1. The van der Waals surface area contributed by atoms with E-state index in [0.717, 1.165) is 18.6 Å². The van der Waals surface area contributed by atoms with E-state index < -0.39 is 0 Å². The molecule has 2 aromatic rings. The Hall–Kier alpha value is -3.15. The van der Waals surface area contributed by atoms with E-state index in [0.29, 0.717) is 23.5 Å². The van der Waals surface area contributed by atoms with E-state index >= 15 is 0 Å². The quantitative estimate of drug-likeness (QED) is 0.706. The molecule has 0 aromatic heterocycles. The van der Waals surface area contributed by atoms with Crippen molar-refractivity contribution in [3.8, 4) is 5.75 Å². The fraction of sp³-hybridized carbons (Fsp3) is 0.423. The van der Waals surface area contributed by atoms with Crippen LogP contribution in [0.3, 0.4) is 0 Å². The second kappa shape index (κ2) is 7.47. The van der Waals surface area contributed by atoms with Crippen LogP contribution in [0.25, 0.3) is 0 Å². The third-order valence-electron chi connectivity index (χ3n) is 7.78. The number of imide groups is 1. The van der Waals surface area contributed by atoms with Crippen molar-refractivity contribution >= 4 is 29.1 Å². The molecule has 2 saturated carbocycles. The predicted octanol–water partition coefficient (Wildman–Crippen LogP) is 4.51. The van der Waals surface area contributed by atoms with Crippen molar-refractivity contribution in [2.75, 3.05) is 16.8 Å². The fourth-order valence-electron chi connectivity index (χ4n) is 6.24. The molecule has 5 rings (SSSR count). The molecule has 6 heteroatoms. The molecule has 3 fully saturated rings. The Bertz CT molecular complexity index is 1040. The first-order valence-electron chi connectivity index (χ1n) is 11.3. The van der Waals surface area contributed by atoms with Gasteiger partial charge in [0.2, 0.25) is 11.8 Å². The third-order valence-corrected chi connectivity index (χ3v) is 7.78. The lowest BCUT2D eigenvalue weighted by Crippen LogP contribution is -2.36. The summed E-state index contributed by atoms with van der Waals surface area (Å²) in [5, 5.41) is 2.85. The van der Waals surface area contributed by atoms with Gasteiger partial charge in [0.05, 0.1) is 24.1 Å². The second-order valence-electron chi connectivity index (χ2n) is 9.63. The van der Waals surface area contributed by atoms with Crippen molar-refractivity contribution in [1.82, 2.24) is 0 Å². The number of hydrogen-bond acceptors (Lipinski definition) is 4. The number of rotatable bonds is 5.